The molecule has 1 aromatic carbocycles. The zero-order valence-electron chi connectivity index (χ0n) is 11.8. The Morgan fingerprint density at radius 2 is 1.94 bits per heavy atom. The molecule has 0 aliphatic heterocycles. The van der Waals surface area contributed by atoms with Gasteiger partial charge < -0.3 is 5.32 Å². The Morgan fingerprint density at radius 1 is 1.22 bits per heavy atom. The minimum absolute atomic E-state index is 0.531. The monoisotopic (exact) mass is 329 g/mol. The first-order chi connectivity index (χ1) is 8.49. The molecule has 0 amide bonds. The number of thioether (sulfide) groups is 1. The molecular formula is C15H24BrNS. The summed E-state index contributed by atoms with van der Waals surface area (Å²) in [5, 5.41) is 3.44. The molecule has 0 saturated carbocycles. The van der Waals surface area contributed by atoms with Crippen molar-refractivity contribution in [3.05, 3.63) is 28.2 Å². The molecule has 0 aliphatic rings. The van der Waals surface area contributed by atoms with Gasteiger partial charge in [-0.2, -0.15) is 0 Å². The van der Waals surface area contributed by atoms with E-state index in [1.54, 1.807) is 0 Å². The van der Waals surface area contributed by atoms with E-state index < -0.39 is 0 Å². The van der Waals surface area contributed by atoms with Gasteiger partial charge in [0.2, 0.25) is 0 Å². The van der Waals surface area contributed by atoms with Crippen LogP contribution in [0.25, 0.3) is 0 Å². The fourth-order valence-electron chi connectivity index (χ4n) is 1.50. The Kier molecular flexibility index (Phi) is 7.35. The summed E-state index contributed by atoms with van der Waals surface area (Å²) >= 11 is 5.61. The van der Waals surface area contributed by atoms with Gasteiger partial charge in [-0.1, -0.05) is 33.8 Å². The first kappa shape index (κ1) is 16.1. The maximum atomic E-state index is 3.67. The highest BCUT2D eigenvalue weighted by Crippen LogP contribution is 2.29. The summed E-state index contributed by atoms with van der Waals surface area (Å²) in [4.78, 5) is 1.35. The fraction of sp³-hybridized carbons (Fsp3) is 0.600. The number of halogens is 1. The number of nitrogens with one attached hydrogen (secondary N) is 1. The van der Waals surface area contributed by atoms with E-state index in [1.807, 2.05) is 11.8 Å². The molecule has 0 saturated heterocycles. The number of rotatable bonds is 7. The molecule has 0 unspecified atom stereocenters. The SMILES string of the molecule is CC(C)CCSc1ccc(CNC(C)C)cc1Br. The predicted molar refractivity (Wildman–Crippen MR) is 86.3 cm³/mol. The summed E-state index contributed by atoms with van der Waals surface area (Å²) in [5.74, 6) is 1.98. The van der Waals surface area contributed by atoms with Crippen LogP contribution >= 0.6 is 27.7 Å². The Bertz CT molecular complexity index is 364. The fourth-order valence-corrected chi connectivity index (χ4v) is 3.44. The number of hydrogen-bond acceptors (Lipinski definition) is 2. The molecule has 0 heterocycles. The average molecular weight is 330 g/mol. The minimum Gasteiger partial charge on any atom is -0.310 e. The molecule has 1 nitrogen and oxygen atoms in total. The molecular weight excluding hydrogens is 306 g/mol. The predicted octanol–water partition coefficient (Wildman–Crippen LogP) is 5.09. The van der Waals surface area contributed by atoms with Crippen molar-refractivity contribution in [2.24, 2.45) is 5.92 Å². The van der Waals surface area contributed by atoms with Gasteiger partial charge in [0, 0.05) is 22.0 Å². The molecule has 0 bridgehead atoms. The lowest BCUT2D eigenvalue weighted by Gasteiger charge is -2.11. The maximum Gasteiger partial charge on any atom is 0.0314 e. The summed E-state index contributed by atoms with van der Waals surface area (Å²) in [7, 11) is 0. The van der Waals surface area contributed by atoms with Crippen molar-refractivity contribution >= 4 is 27.7 Å². The number of benzene rings is 1. The number of hydrogen-bond donors (Lipinski definition) is 1. The Morgan fingerprint density at radius 3 is 2.50 bits per heavy atom. The normalized spacial score (nSPS) is 11.5. The quantitative estimate of drug-likeness (QED) is 0.699. The standard InChI is InChI=1S/C15H24BrNS/c1-11(2)7-8-18-15-6-5-13(9-14(15)16)10-17-12(3)4/h5-6,9,11-12,17H,7-8,10H2,1-4H3. The molecule has 1 N–H and O–H groups in total. The van der Waals surface area contributed by atoms with E-state index in [0.29, 0.717) is 6.04 Å². The summed E-state index contributed by atoms with van der Waals surface area (Å²) in [6.07, 6.45) is 1.27. The summed E-state index contributed by atoms with van der Waals surface area (Å²) in [6.45, 7) is 9.83. The first-order valence-corrected chi connectivity index (χ1v) is 8.41. The largest absolute Gasteiger partial charge is 0.310 e. The van der Waals surface area contributed by atoms with E-state index in [-0.39, 0.29) is 0 Å². The van der Waals surface area contributed by atoms with Crippen LogP contribution in [0.5, 0.6) is 0 Å². The van der Waals surface area contributed by atoms with Crippen molar-refractivity contribution in [1.82, 2.24) is 5.32 Å². The van der Waals surface area contributed by atoms with Gasteiger partial charge in [-0.15, -0.1) is 11.8 Å². The van der Waals surface area contributed by atoms with Crippen molar-refractivity contribution < 1.29 is 0 Å². The van der Waals surface area contributed by atoms with Gasteiger partial charge in [-0.25, -0.2) is 0 Å². The van der Waals surface area contributed by atoms with E-state index in [0.717, 1.165) is 12.5 Å². The molecule has 0 radical (unpaired) electrons. The zero-order valence-corrected chi connectivity index (χ0v) is 14.2. The lowest BCUT2D eigenvalue weighted by molar-refractivity contribution is 0.588. The molecule has 0 atom stereocenters. The third-order valence-corrected chi connectivity index (χ3v) is 4.69. The van der Waals surface area contributed by atoms with Gasteiger partial charge in [0.1, 0.15) is 0 Å². The third kappa shape index (κ3) is 6.26. The molecule has 3 heteroatoms. The maximum absolute atomic E-state index is 3.67. The van der Waals surface area contributed by atoms with Crippen molar-refractivity contribution in [3.63, 3.8) is 0 Å². The molecule has 102 valence electrons. The van der Waals surface area contributed by atoms with Crippen LogP contribution < -0.4 is 5.32 Å². The Labute approximate surface area is 124 Å². The summed E-state index contributed by atoms with van der Waals surface area (Å²) in [5.41, 5.74) is 1.34. The van der Waals surface area contributed by atoms with Crippen LogP contribution in [-0.2, 0) is 6.54 Å². The zero-order chi connectivity index (χ0) is 13.5. The van der Waals surface area contributed by atoms with E-state index in [1.165, 1.54) is 27.1 Å². The van der Waals surface area contributed by atoms with Crippen LogP contribution in [0.4, 0.5) is 0 Å². The van der Waals surface area contributed by atoms with Gasteiger partial charge >= 0.3 is 0 Å². The topological polar surface area (TPSA) is 12.0 Å². The molecule has 18 heavy (non-hydrogen) atoms. The molecule has 1 aromatic rings. The van der Waals surface area contributed by atoms with Crippen molar-refractivity contribution in [2.75, 3.05) is 5.75 Å². The third-order valence-electron chi connectivity index (χ3n) is 2.66. The van der Waals surface area contributed by atoms with Gasteiger partial charge in [0.05, 0.1) is 0 Å². The highest BCUT2D eigenvalue weighted by atomic mass is 79.9. The van der Waals surface area contributed by atoms with E-state index in [4.69, 9.17) is 0 Å². The van der Waals surface area contributed by atoms with Crippen LogP contribution in [0.2, 0.25) is 0 Å². The van der Waals surface area contributed by atoms with Crippen LogP contribution in [0.3, 0.4) is 0 Å². The lowest BCUT2D eigenvalue weighted by Crippen LogP contribution is -2.21. The van der Waals surface area contributed by atoms with Crippen molar-refractivity contribution in [3.8, 4) is 0 Å². The second-order valence-corrected chi connectivity index (χ2v) is 7.32. The van der Waals surface area contributed by atoms with E-state index in [2.05, 4.69) is 67.1 Å². The summed E-state index contributed by atoms with van der Waals surface area (Å²) in [6, 6.07) is 7.21. The second-order valence-electron chi connectivity index (χ2n) is 5.33. The molecule has 0 fully saturated rings. The van der Waals surface area contributed by atoms with Crippen molar-refractivity contribution in [1.29, 1.82) is 0 Å². The van der Waals surface area contributed by atoms with E-state index in [9.17, 15) is 0 Å². The molecule has 0 aromatic heterocycles. The molecule has 0 spiro atoms. The highest BCUT2D eigenvalue weighted by molar-refractivity contribution is 9.10. The van der Waals surface area contributed by atoms with Gasteiger partial charge in [-0.05, 0) is 51.7 Å². The second kappa shape index (κ2) is 8.23. The molecule has 1 rings (SSSR count). The van der Waals surface area contributed by atoms with Crippen LogP contribution in [0.15, 0.2) is 27.6 Å². The minimum atomic E-state index is 0.531. The van der Waals surface area contributed by atoms with Crippen LogP contribution in [-0.4, -0.2) is 11.8 Å². The molecule has 0 aliphatic carbocycles. The van der Waals surface area contributed by atoms with Crippen molar-refractivity contribution in [2.45, 2.75) is 51.6 Å². The first-order valence-electron chi connectivity index (χ1n) is 6.63. The average Bonchev–Trinajstić information content (AvgIpc) is 2.28. The summed E-state index contributed by atoms with van der Waals surface area (Å²) < 4.78 is 1.22. The van der Waals surface area contributed by atoms with Gasteiger partial charge in [-0.3, -0.25) is 0 Å². The van der Waals surface area contributed by atoms with Gasteiger partial charge in [0.25, 0.3) is 0 Å². The highest BCUT2D eigenvalue weighted by Gasteiger charge is 2.04. The smallest absolute Gasteiger partial charge is 0.0314 e. The van der Waals surface area contributed by atoms with Gasteiger partial charge in [0.15, 0.2) is 0 Å². The Balaban J connectivity index is 2.51. The van der Waals surface area contributed by atoms with Crippen LogP contribution in [0.1, 0.15) is 39.7 Å². The Hall–Kier alpha value is 0.01000. The lowest BCUT2D eigenvalue weighted by atomic mass is 10.2. The van der Waals surface area contributed by atoms with E-state index >= 15 is 0 Å². The van der Waals surface area contributed by atoms with Crippen LogP contribution in [0, 0.1) is 5.92 Å².